The van der Waals surface area contributed by atoms with Crippen molar-refractivity contribution in [3.05, 3.63) is 0 Å². The fourth-order valence-corrected chi connectivity index (χ4v) is 1.51. The van der Waals surface area contributed by atoms with E-state index in [9.17, 15) is 9.59 Å². The molecule has 0 aliphatic rings. The Hall–Kier alpha value is -1.06. The maximum atomic E-state index is 11.0. The van der Waals surface area contributed by atoms with Crippen molar-refractivity contribution in [2.45, 2.75) is 39.5 Å². The zero-order valence-corrected chi connectivity index (χ0v) is 10.6. The Morgan fingerprint density at radius 1 is 0.875 bits per heavy atom. The summed E-state index contributed by atoms with van der Waals surface area (Å²) in [4.78, 5) is 22.0. The summed E-state index contributed by atoms with van der Waals surface area (Å²) in [6, 6.07) is 0. The molecular formula is C12H22O4. The van der Waals surface area contributed by atoms with Gasteiger partial charge in [-0.05, 0) is 24.7 Å². The Balaban J connectivity index is 3.70. The first-order valence-corrected chi connectivity index (χ1v) is 5.63. The van der Waals surface area contributed by atoms with Crippen molar-refractivity contribution < 1.29 is 19.1 Å². The van der Waals surface area contributed by atoms with E-state index >= 15 is 0 Å². The van der Waals surface area contributed by atoms with Crippen LogP contribution < -0.4 is 0 Å². The highest BCUT2D eigenvalue weighted by molar-refractivity contribution is 5.69. The van der Waals surface area contributed by atoms with Crippen LogP contribution in [-0.2, 0) is 19.1 Å². The second-order valence-corrected chi connectivity index (χ2v) is 4.35. The molecule has 0 saturated heterocycles. The minimum absolute atomic E-state index is 0.173. The van der Waals surface area contributed by atoms with Gasteiger partial charge in [-0.15, -0.1) is 0 Å². The minimum Gasteiger partial charge on any atom is -0.469 e. The lowest BCUT2D eigenvalue weighted by molar-refractivity contribution is -0.143. The van der Waals surface area contributed by atoms with E-state index in [0.29, 0.717) is 24.7 Å². The van der Waals surface area contributed by atoms with Gasteiger partial charge in [0.25, 0.3) is 0 Å². The van der Waals surface area contributed by atoms with E-state index in [4.69, 9.17) is 0 Å². The zero-order valence-electron chi connectivity index (χ0n) is 10.6. The molecule has 0 spiro atoms. The molecule has 0 amide bonds. The smallest absolute Gasteiger partial charge is 0.305 e. The maximum absolute atomic E-state index is 11.0. The van der Waals surface area contributed by atoms with E-state index in [-0.39, 0.29) is 11.9 Å². The summed E-state index contributed by atoms with van der Waals surface area (Å²) in [7, 11) is 2.80. The molecule has 4 heteroatoms. The first kappa shape index (κ1) is 14.9. The second-order valence-electron chi connectivity index (χ2n) is 4.35. The topological polar surface area (TPSA) is 52.6 Å². The van der Waals surface area contributed by atoms with Crippen LogP contribution in [0.5, 0.6) is 0 Å². The molecular weight excluding hydrogens is 208 g/mol. The number of carbonyl (C=O) groups is 2. The van der Waals surface area contributed by atoms with E-state index in [2.05, 4.69) is 9.47 Å². The highest BCUT2D eigenvalue weighted by Gasteiger charge is 2.13. The van der Waals surface area contributed by atoms with Crippen molar-refractivity contribution in [1.29, 1.82) is 0 Å². The van der Waals surface area contributed by atoms with Crippen LogP contribution in [0.25, 0.3) is 0 Å². The Morgan fingerprint density at radius 2 is 1.19 bits per heavy atom. The van der Waals surface area contributed by atoms with Crippen LogP contribution in [0.2, 0.25) is 0 Å². The fraction of sp³-hybridized carbons (Fsp3) is 0.833. The molecule has 0 fully saturated rings. The molecule has 0 aliphatic heterocycles. The average molecular weight is 230 g/mol. The van der Waals surface area contributed by atoms with Gasteiger partial charge in [0.05, 0.1) is 14.2 Å². The molecule has 0 rings (SSSR count). The lowest BCUT2D eigenvalue weighted by atomic mass is 9.94. The molecule has 0 saturated carbocycles. The molecule has 0 radical (unpaired) electrons. The van der Waals surface area contributed by atoms with Gasteiger partial charge in [0.1, 0.15) is 0 Å². The van der Waals surface area contributed by atoms with E-state index < -0.39 is 0 Å². The van der Waals surface area contributed by atoms with Gasteiger partial charge in [0.15, 0.2) is 0 Å². The summed E-state index contributed by atoms with van der Waals surface area (Å²) < 4.78 is 9.19. The molecule has 94 valence electrons. The van der Waals surface area contributed by atoms with Crippen molar-refractivity contribution >= 4 is 11.9 Å². The van der Waals surface area contributed by atoms with Gasteiger partial charge in [0.2, 0.25) is 0 Å². The van der Waals surface area contributed by atoms with Crippen molar-refractivity contribution in [2.75, 3.05) is 14.2 Å². The molecule has 4 nitrogen and oxygen atoms in total. The van der Waals surface area contributed by atoms with Crippen LogP contribution in [0, 0.1) is 11.8 Å². The van der Waals surface area contributed by atoms with Gasteiger partial charge >= 0.3 is 11.9 Å². The van der Waals surface area contributed by atoms with E-state index in [0.717, 1.165) is 12.8 Å². The minimum atomic E-state index is -0.173. The standard InChI is InChI=1S/C12H22O4/c1-9(7-11(13)15-3)5-6-10(2)8-12(14)16-4/h9-10H,5-8H2,1-4H3. The number of hydrogen-bond donors (Lipinski definition) is 0. The summed E-state index contributed by atoms with van der Waals surface area (Å²) in [6.45, 7) is 4.03. The largest absolute Gasteiger partial charge is 0.469 e. The molecule has 0 bridgehead atoms. The Morgan fingerprint density at radius 3 is 1.44 bits per heavy atom. The first-order valence-electron chi connectivity index (χ1n) is 5.63. The predicted molar refractivity (Wildman–Crippen MR) is 60.8 cm³/mol. The summed E-state index contributed by atoms with van der Waals surface area (Å²) in [5.74, 6) is 0.251. The van der Waals surface area contributed by atoms with Gasteiger partial charge in [0, 0.05) is 12.8 Å². The van der Waals surface area contributed by atoms with E-state index in [1.165, 1.54) is 14.2 Å². The van der Waals surface area contributed by atoms with Gasteiger partial charge in [-0.3, -0.25) is 9.59 Å². The van der Waals surface area contributed by atoms with Gasteiger partial charge < -0.3 is 9.47 Å². The van der Waals surface area contributed by atoms with Gasteiger partial charge in [-0.1, -0.05) is 13.8 Å². The predicted octanol–water partition coefficient (Wildman–Crippen LogP) is 2.17. The third kappa shape index (κ3) is 7.26. The van der Waals surface area contributed by atoms with Crippen molar-refractivity contribution in [1.82, 2.24) is 0 Å². The normalized spacial score (nSPS) is 14.0. The third-order valence-electron chi connectivity index (χ3n) is 2.64. The quantitative estimate of drug-likeness (QED) is 0.629. The highest BCUT2D eigenvalue weighted by Crippen LogP contribution is 2.18. The first-order chi connectivity index (χ1) is 7.49. The molecule has 0 aliphatic carbocycles. The molecule has 0 N–H and O–H groups in total. The van der Waals surface area contributed by atoms with Crippen LogP contribution in [0.3, 0.4) is 0 Å². The van der Waals surface area contributed by atoms with Crippen molar-refractivity contribution in [3.63, 3.8) is 0 Å². The SMILES string of the molecule is COC(=O)CC(C)CCC(C)CC(=O)OC. The average Bonchev–Trinajstić information content (AvgIpc) is 2.26. The van der Waals surface area contributed by atoms with Crippen LogP contribution >= 0.6 is 0 Å². The molecule has 0 aromatic heterocycles. The number of esters is 2. The number of hydrogen-bond acceptors (Lipinski definition) is 4. The Labute approximate surface area is 97.3 Å². The van der Waals surface area contributed by atoms with Crippen LogP contribution in [0.15, 0.2) is 0 Å². The summed E-state index contributed by atoms with van der Waals surface area (Å²) in [5.41, 5.74) is 0. The maximum Gasteiger partial charge on any atom is 0.305 e. The second kappa shape index (κ2) is 8.13. The zero-order chi connectivity index (χ0) is 12.6. The molecule has 2 atom stereocenters. The molecule has 0 heterocycles. The number of methoxy groups -OCH3 is 2. The summed E-state index contributed by atoms with van der Waals surface area (Å²) in [5, 5.41) is 0. The number of ether oxygens (including phenoxy) is 2. The van der Waals surface area contributed by atoms with Crippen LogP contribution in [0.4, 0.5) is 0 Å². The lowest BCUT2D eigenvalue weighted by Gasteiger charge is -2.13. The molecule has 16 heavy (non-hydrogen) atoms. The number of rotatable bonds is 7. The number of carbonyl (C=O) groups excluding carboxylic acids is 2. The Kier molecular flexibility index (Phi) is 7.60. The fourth-order valence-electron chi connectivity index (χ4n) is 1.51. The Bertz CT molecular complexity index is 201. The molecule has 0 aromatic rings. The van der Waals surface area contributed by atoms with Gasteiger partial charge in [-0.2, -0.15) is 0 Å². The van der Waals surface area contributed by atoms with Crippen LogP contribution in [-0.4, -0.2) is 26.2 Å². The molecule has 0 aromatic carbocycles. The third-order valence-corrected chi connectivity index (χ3v) is 2.64. The van der Waals surface area contributed by atoms with Gasteiger partial charge in [-0.25, -0.2) is 0 Å². The van der Waals surface area contributed by atoms with Crippen LogP contribution in [0.1, 0.15) is 39.5 Å². The monoisotopic (exact) mass is 230 g/mol. The summed E-state index contributed by atoms with van der Waals surface area (Å²) in [6.07, 6.45) is 2.74. The highest BCUT2D eigenvalue weighted by atomic mass is 16.5. The van der Waals surface area contributed by atoms with E-state index in [1.807, 2.05) is 13.8 Å². The summed E-state index contributed by atoms with van der Waals surface area (Å²) >= 11 is 0. The van der Waals surface area contributed by atoms with Crippen molar-refractivity contribution in [2.24, 2.45) is 11.8 Å². The van der Waals surface area contributed by atoms with Crippen molar-refractivity contribution in [3.8, 4) is 0 Å². The molecule has 2 unspecified atom stereocenters. The lowest BCUT2D eigenvalue weighted by Crippen LogP contribution is -2.11. The van der Waals surface area contributed by atoms with E-state index in [1.54, 1.807) is 0 Å².